The number of aromatic amines is 1. The van der Waals surface area contributed by atoms with Crippen LogP contribution >= 0.6 is 0 Å². The van der Waals surface area contributed by atoms with Gasteiger partial charge < -0.3 is 4.98 Å². The minimum Gasteiger partial charge on any atom is -0.309 e. The molecule has 0 bridgehead atoms. The van der Waals surface area contributed by atoms with Gasteiger partial charge in [-0.15, -0.1) is 10.2 Å². The van der Waals surface area contributed by atoms with Crippen LogP contribution in [0.2, 0.25) is 0 Å². The quantitative estimate of drug-likeness (QED) is 0.829. The van der Waals surface area contributed by atoms with Crippen molar-refractivity contribution in [3.8, 4) is 0 Å². The van der Waals surface area contributed by atoms with Crippen molar-refractivity contribution in [2.45, 2.75) is 16.8 Å². The number of hydrogen-bond acceptors (Lipinski definition) is 5. The van der Waals surface area contributed by atoms with Gasteiger partial charge in [0.1, 0.15) is 6.33 Å². The Hall–Kier alpha value is -2.02. The van der Waals surface area contributed by atoms with E-state index in [0.717, 1.165) is 11.9 Å². The third-order valence-electron chi connectivity index (χ3n) is 2.15. The van der Waals surface area contributed by atoms with Gasteiger partial charge in [0.05, 0.1) is 4.90 Å². The monoisotopic (exact) mass is 251 g/mol. The molecule has 0 aliphatic carbocycles. The van der Waals surface area contributed by atoms with Gasteiger partial charge in [0.2, 0.25) is 14.9 Å². The van der Waals surface area contributed by atoms with Crippen LogP contribution in [0.3, 0.4) is 0 Å². The Morgan fingerprint density at radius 2 is 2.06 bits per heavy atom. The van der Waals surface area contributed by atoms with Crippen molar-refractivity contribution in [1.82, 2.24) is 15.2 Å². The van der Waals surface area contributed by atoms with E-state index in [0.29, 0.717) is 0 Å². The van der Waals surface area contributed by atoms with Crippen LogP contribution in [0.15, 0.2) is 45.3 Å². The highest BCUT2D eigenvalue weighted by molar-refractivity contribution is 7.91. The Kier molecular flexibility index (Phi) is 2.76. The fourth-order valence-corrected chi connectivity index (χ4v) is 2.63. The Morgan fingerprint density at radius 3 is 2.71 bits per heavy atom. The number of aryl methyl sites for hydroxylation is 1. The second-order valence-electron chi connectivity index (χ2n) is 3.44. The van der Waals surface area contributed by atoms with Crippen molar-refractivity contribution in [3.63, 3.8) is 0 Å². The van der Waals surface area contributed by atoms with Crippen LogP contribution < -0.4 is 5.56 Å². The largest absolute Gasteiger partial charge is 0.309 e. The van der Waals surface area contributed by atoms with Gasteiger partial charge in [-0.2, -0.15) is 0 Å². The van der Waals surface area contributed by atoms with Gasteiger partial charge >= 0.3 is 0 Å². The highest BCUT2D eigenvalue weighted by Crippen LogP contribution is 2.16. The Bertz CT molecular complexity index is 706. The SMILES string of the molecule is Cc1cccc(S(=O)(=O)c2nnc[nH]c2=O)c1. The van der Waals surface area contributed by atoms with E-state index in [1.807, 2.05) is 0 Å². The predicted octanol–water partition coefficient (Wildman–Crippen LogP) is 0.306. The van der Waals surface area contributed by atoms with Crippen molar-refractivity contribution in [1.29, 1.82) is 0 Å². The average Bonchev–Trinajstić information content (AvgIpc) is 2.29. The van der Waals surface area contributed by atoms with Crippen molar-refractivity contribution in [3.05, 3.63) is 46.5 Å². The first-order valence-corrected chi connectivity index (χ1v) is 6.22. The summed E-state index contributed by atoms with van der Waals surface area (Å²) in [7, 11) is -3.91. The Labute approximate surface area is 97.3 Å². The molecule has 0 aliphatic heterocycles. The summed E-state index contributed by atoms with van der Waals surface area (Å²) in [4.78, 5) is 13.6. The second-order valence-corrected chi connectivity index (χ2v) is 5.31. The smallest absolute Gasteiger partial charge is 0.289 e. The summed E-state index contributed by atoms with van der Waals surface area (Å²) in [6.07, 6.45) is 1.04. The first kappa shape index (κ1) is 11.5. The maximum Gasteiger partial charge on any atom is 0.289 e. The molecule has 6 nitrogen and oxygen atoms in total. The summed E-state index contributed by atoms with van der Waals surface area (Å²) in [6, 6.07) is 6.26. The summed E-state index contributed by atoms with van der Waals surface area (Å²) in [5.41, 5.74) is 0.00731. The molecule has 0 saturated heterocycles. The number of sulfone groups is 1. The van der Waals surface area contributed by atoms with Crippen LogP contribution in [0.1, 0.15) is 5.56 Å². The van der Waals surface area contributed by atoms with Crippen LogP contribution in [0, 0.1) is 6.92 Å². The van der Waals surface area contributed by atoms with Gasteiger partial charge in [-0.25, -0.2) is 8.42 Å². The van der Waals surface area contributed by atoms with Crippen LogP contribution in [-0.4, -0.2) is 23.6 Å². The Morgan fingerprint density at radius 1 is 1.29 bits per heavy atom. The molecule has 0 spiro atoms. The lowest BCUT2D eigenvalue weighted by atomic mass is 10.2. The molecule has 1 aromatic heterocycles. The molecule has 0 unspecified atom stereocenters. The molecule has 88 valence electrons. The third kappa shape index (κ3) is 2.09. The first-order chi connectivity index (χ1) is 8.01. The van der Waals surface area contributed by atoms with Gasteiger partial charge in [-0.05, 0) is 24.6 Å². The predicted molar refractivity (Wildman–Crippen MR) is 59.3 cm³/mol. The number of aromatic nitrogens is 3. The lowest BCUT2D eigenvalue weighted by Gasteiger charge is -2.02. The molecular weight excluding hydrogens is 242 g/mol. The maximum atomic E-state index is 12.1. The second kappa shape index (κ2) is 4.10. The maximum absolute atomic E-state index is 12.1. The number of H-pyrrole nitrogens is 1. The number of benzene rings is 1. The van der Waals surface area contributed by atoms with Gasteiger partial charge in [-0.1, -0.05) is 12.1 Å². The minimum atomic E-state index is -3.91. The molecule has 0 radical (unpaired) electrons. The van der Waals surface area contributed by atoms with E-state index in [-0.39, 0.29) is 4.90 Å². The zero-order valence-electron chi connectivity index (χ0n) is 8.91. The molecule has 0 fully saturated rings. The van der Waals surface area contributed by atoms with Crippen LogP contribution in [0.5, 0.6) is 0 Å². The number of nitrogens with one attached hydrogen (secondary N) is 1. The third-order valence-corrected chi connectivity index (χ3v) is 3.80. The normalized spacial score (nSPS) is 11.4. The fraction of sp³-hybridized carbons (Fsp3) is 0.100. The highest BCUT2D eigenvalue weighted by atomic mass is 32.2. The molecular formula is C10H9N3O3S. The number of hydrogen-bond donors (Lipinski definition) is 1. The van der Waals surface area contributed by atoms with E-state index in [1.54, 1.807) is 19.1 Å². The van der Waals surface area contributed by atoms with Gasteiger partial charge in [0.15, 0.2) is 0 Å². The average molecular weight is 251 g/mol. The van der Waals surface area contributed by atoms with Crippen LogP contribution in [-0.2, 0) is 9.84 Å². The van der Waals surface area contributed by atoms with Crippen molar-refractivity contribution >= 4 is 9.84 Å². The summed E-state index contributed by atoms with van der Waals surface area (Å²) in [5, 5.41) is 6.16. The summed E-state index contributed by atoms with van der Waals surface area (Å²) in [5.74, 6) is 0. The lowest BCUT2D eigenvalue weighted by Crippen LogP contribution is -2.20. The van der Waals surface area contributed by atoms with Gasteiger partial charge in [0, 0.05) is 0 Å². The summed E-state index contributed by atoms with van der Waals surface area (Å²) < 4.78 is 24.2. The van der Waals surface area contributed by atoms with Gasteiger partial charge in [-0.3, -0.25) is 4.79 Å². The van der Waals surface area contributed by atoms with Crippen molar-refractivity contribution in [2.24, 2.45) is 0 Å². The van der Waals surface area contributed by atoms with E-state index >= 15 is 0 Å². The molecule has 7 heteroatoms. The molecule has 0 saturated carbocycles. The van der Waals surface area contributed by atoms with E-state index in [9.17, 15) is 13.2 Å². The molecule has 0 aliphatic rings. The minimum absolute atomic E-state index is 0.0310. The fourth-order valence-electron chi connectivity index (χ4n) is 1.35. The summed E-state index contributed by atoms with van der Waals surface area (Å²) >= 11 is 0. The van der Waals surface area contributed by atoms with E-state index in [2.05, 4.69) is 15.2 Å². The van der Waals surface area contributed by atoms with Crippen molar-refractivity contribution in [2.75, 3.05) is 0 Å². The van der Waals surface area contributed by atoms with Gasteiger partial charge in [0.25, 0.3) is 5.56 Å². The first-order valence-electron chi connectivity index (χ1n) is 4.74. The van der Waals surface area contributed by atoms with E-state index < -0.39 is 20.4 Å². The molecule has 0 amide bonds. The van der Waals surface area contributed by atoms with E-state index in [1.165, 1.54) is 12.1 Å². The van der Waals surface area contributed by atoms with Crippen LogP contribution in [0.4, 0.5) is 0 Å². The highest BCUT2D eigenvalue weighted by Gasteiger charge is 2.23. The molecule has 17 heavy (non-hydrogen) atoms. The van der Waals surface area contributed by atoms with Crippen LogP contribution in [0.25, 0.3) is 0 Å². The molecule has 1 aromatic carbocycles. The topological polar surface area (TPSA) is 92.8 Å². The molecule has 0 atom stereocenters. The van der Waals surface area contributed by atoms with Crippen molar-refractivity contribution < 1.29 is 8.42 Å². The standard InChI is InChI=1S/C10H9N3O3S/c1-7-3-2-4-8(5-7)17(15,16)10-9(14)11-6-12-13-10/h2-6H,1H3,(H,11,12,14). The zero-order valence-corrected chi connectivity index (χ0v) is 9.73. The zero-order chi connectivity index (χ0) is 12.5. The molecule has 1 N–H and O–H groups in total. The lowest BCUT2D eigenvalue weighted by molar-refractivity contribution is 0.586. The number of rotatable bonds is 2. The summed E-state index contributed by atoms with van der Waals surface area (Å²) in [6.45, 7) is 1.76. The molecule has 1 heterocycles. The number of nitrogens with zero attached hydrogens (tertiary/aromatic N) is 2. The molecule has 2 aromatic rings. The van der Waals surface area contributed by atoms with E-state index in [4.69, 9.17) is 0 Å². The Balaban J connectivity index is 2.67. The molecule has 2 rings (SSSR count).